The highest BCUT2D eigenvalue weighted by atomic mass is 35.5. The molecule has 0 bridgehead atoms. The Hall–Kier alpha value is -2.44. The third kappa shape index (κ3) is 5.28. The summed E-state index contributed by atoms with van der Waals surface area (Å²) < 4.78 is 5.78. The molecule has 3 rings (SSSR count). The van der Waals surface area contributed by atoms with Crippen molar-refractivity contribution >= 4 is 23.4 Å². The Kier molecular flexibility index (Phi) is 6.42. The SMILES string of the molecule is CC(=O)NCC(=O)N1CCOC(c2ccc(Cc3ccccc3Cl)cn2)C1. The van der Waals surface area contributed by atoms with Gasteiger partial charge in [-0.05, 0) is 23.3 Å². The normalized spacial score (nSPS) is 16.8. The Labute approximate surface area is 163 Å². The van der Waals surface area contributed by atoms with Crippen LogP contribution in [0.2, 0.25) is 5.02 Å². The van der Waals surface area contributed by atoms with Gasteiger partial charge in [-0.15, -0.1) is 0 Å². The zero-order valence-corrected chi connectivity index (χ0v) is 15.9. The summed E-state index contributed by atoms with van der Waals surface area (Å²) in [5.41, 5.74) is 2.90. The summed E-state index contributed by atoms with van der Waals surface area (Å²) >= 11 is 6.21. The number of benzene rings is 1. The number of nitrogens with zero attached hydrogens (tertiary/aromatic N) is 2. The van der Waals surface area contributed by atoms with E-state index in [0.717, 1.165) is 21.8 Å². The fourth-order valence-corrected chi connectivity index (χ4v) is 3.16. The van der Waals surface area contributed by atoms with E-state index in [1.54, 1.807) is 4.90 Å². The minimum absolute atomic E-state index is 0.00621. The molecule has 1 saturated heterocycles. The fraction of sp³-hybridized carbons (Fsp3) is 0.350. The van der Waals surface area contributed by atoms with Crippen LogP contribution < -0.4 is 5.32 Å². The summed E-state index contributed by atoms with van der Waals surface area (Å²) in [6.45, 7) is 2.78. The molecule has 2 amide bonds. The molecule has 7 heteroatoms. The molecule has 1 fully saturated rings. The lowest BCUT2D eigenvalue weighted by Gasteiger charge is -2.32. The standard InChI is InChI=1S/C20H22ClN3O3/c1-14(25)22-12-20(26)24-8-9-27-19(13-24)18-7-6-15(11-23-18)10-16-4-2-3-5-17(16)21/h2-7,11,19H,8-10,12-13H2,1H3,(H,22,25). The van der Waals surface area contributed by atoms with Crippen LogP contribution >= 0.6 is 11.6 Å². The summed E-state index contributed by atoms with van der Waals surface area (Å²) in [6.07, 6.45) is 2.26. The second-order valence-electron chi connectivity index (χ2n) is 6.47. The number of aromatic nitrogens is 1. The number of hydrogen-bond donors (Lipinski definition) is 1. The molecule has 1 aromatic carbocycles. The van der Waals surface area contributed by atoms with Crippen molar-refractivity contribution in [2.75, 3.05) is 26.2 Å². The highest BCUT2D eigenvalue weighted by Crippen LogP contribution is 2.22. The van der Waals surface area contributed by atoms with Gasteiger partial charge in [-0.1, -0.05) is 35.9 Å². The van der Waals surface area contributed by atoms with E-state index in [1.165, 1.54) is 6.92 Å². The molecular formula is C20H22ClN3O3. The number of nitrogens with one attached hydrogen (secondary N) is 1. The number of ether oxygens (including phenoxy) is 1. The molecule has 6 nitrogen and oxygen atoms in total. The lowest BCUT2D eigenvalue weighted by atomic mass is 10.1. The van der Waals surface area contributed by atoms with Crippen LogP contribution in [0.5, 0.6) is 0 Å². The Morgan fingerprint density at radius 1 is 1.30 bits per heavy atom. The van der Waals surface area contributed by atoms with Crippen molar-refractivity contribution in [2.24, 2.45) is 0 Å². The zero-order valence-electron chi connectivity index (χ0n) is 15.2. The predicted octanol–water partition coefficient (Wildman–Crippen LogP) is 2.36. The van der Waals surface area contributed by atoms with E-state index in [9.17, 15) is 9.59 Å². The summed E-state index contributed by atoms with van der Waals surface area (Å²) in [6, 6.07) is 11.7. The van der Waals surface area contributed by atoms with Gasteiger partial charge in [0.1, 0.15) is 6.10 Å². The Morgan fingerprint density at radius 3 is 2.81 bits per heavy atom. The van der Waals surface area contributed by atoms with Crippen LogP contribution in [-0.2, 0) is 20.7 Å². The molecule has 1 aliphatic heterocycles. The van der Waals surface area contributed by atoms with Crippen molar-refractivity contribution < 1.29 is 14.3 Å². The highest BCUT2D eigenvalue weighted by Gasteiger charge is 2.26. The first-order chi connectivity index (χ1) is 13.0. The quantitative estimate of drug-likeness (QED) is 0.854. The number of morpholine rings is 1. The largest absolute Gasteiger partial charge is 0.368 e. The second kappa shape index (κ2) is 8.97. The molecule has 1 aliphatic rings. The average molecular weight is 388 g/mol. The van der Waals surface area contributed by atoms with Crippen molar-refractivity contribution in [1.82, 2.24) is 15.2 Å². The van der Waals surface area contributed by atoms with Crippen molar-refractivity contribution in [3.8, 4) is 0 Å². The van der Waals surface area contributed by atoms with Crippen LogP contribution in [0.3, 0.4) is 0 Å². The molecule has 0 radical (unpaired) electrons. The van der Waals surface area contributed by atoms with Gasteiger partial charge in [0.2, 0.25) is 11.8 Å². The summed E-state index contributed by atoms with van der Waals surface area (Å²) in [7, 11) is 0. The first-order valence-electron chi connectivity index (χ1n) is 8.85. The minimum Gasteiger partial charge on any atom is -0.368 e. The first-order valence-corrected chi connectivity index (χ1v) is 9.23. The van der Waals surface area contributed by atoms with Crippen LogP contribution in [0.25, 0.3) is 0 Å². The van der Waals surface area contributed by atoms with Crippen molar-refractivity contribution in [1.29, 1.82) is 0 Å². The molecular weight excluding hydrogens is 366 g/mol. The van der Waals surface area contributed by atoms with Gasteiger partial charge in [0.05, 0.1) is 25.4 Å². The van der Waals surface area contributed by atoms with E-state index < -0.39 is 0 Å². The second-order valence-corrected chi connectivity index (χ2v) is 6.88. The zero-order chi connectivity index (χ0) is 19.2. The third-order valence-corrected chi connectivity index (χ3v) is 4.81. The number of pyridine rings is 1. The van der Waals surface area contributed by atoms with Gasteiger partial charge >= 0.3 is 0 Å². The molecule has 0 aliphatic carbocycles. The van der Waals surface area contributed by atoms with Gasteiger partial charge in [0.25, 0.3) is 0 Å². The van der Waals surface area contributed by atoms with Gasteiger partial charge in [0, 0.05) is 31.1 Å². The van der Waals surface area contributed by atoms with Gasteiger partial charge in [0.15, 0.2) is 0 Å². The van der Waals surface area contributed by atoms with Crippen molar-refractivity contribution in [3.63, 3.8) is 0 Å². The predicted molar refractivity (Wildman–Crippen MR) is 102 cm³/mol. The molecule has 1 aromatic heterocycles. The van der Waals surface area contributed by atoms with Crippen LogP contribution in [0.4, 0.5) is 0 Å². The van der Waals surface area contributed by atoms with E-state index in [2.05, 4.69) is 10.3 Å². The molecule has 1 N–H and O–H groups in total. The lowest BCUT2D eigenvalue weighted by molar-refractivity contribution is -0.139. The van der Waals surface area contributed by atoms with Crippen LogP contribution in [0.1, 0.15) is 29.8 Å². The average Bonchev–Trinajstić information content (AvgIpc) is 2.68. The smallest absolute Gasteiger partial charge is 0.242 e. The van der Waals surface area contributed by atoms with Gasteiger partial charge in [-0.25, -0.2) is 0 Å². The van der Waals surface area contributed by atoms with E-state index in [0.29, 0.717) is 26.1 Å². The summed E-state index contributed by atoms with van der Waals surface area (Å²) in [5, 5.41) is 3.28. The molecule has 1 atom stereocenters. The Bertz CT molecular complexity index is 810. The Morgan fingerprint density at radius 2 is 2.11 bits per heavy atom. The first kappa shape index (κ1) is 19.3. The number of hydrogen-bond acceptors (Lipinski definition) is 4. The molecule has 0 spiro atoms. The fourth-order valence-electron chi connectivity index (χ4n) is 2.96. The van der Waals surface area contributed by atoms with E-state index >= 15 is 0 Å². The third-order valence-electron chi connectivity index (χ3n) is 4.44. The summed E-state index contributed by atoms with van der Waals surface area (Å²) in [5.74, 6) is -0.335. The molecule has 0 saturated carbocycles. The molecule has 27 heavy (non-hydrogen) atoms. The molecule has 2 aromatic rings. The van der Waals surface area contributed by atoms with E-state index in [4.69, 9.17) is 16.3 Å². The number of carbonyl (C=O) groups is 2. The maximum Gasteiger partial charge on any atom is 0.242 e. The monoisotopic (exact) mass is 387 g/mol. The highest BCUT2D eigenvalue weighted by molar-refractivity contribution is 6.31. The topological polar surface area (TPSA) is 71.5 Å². The number of carbonyl (C=O) groups excluding carboxylic acids is 2. The maximum absolute atomic E-state index is 12.2. The van der Waals surface area contributed by atoms with Gasteiger partial charge in [-0.2, -0.15) is 0 Å². The summed E-state index contributed by atoms with van der Waals surface area (Å²) in [4.78, 5) is 29.4. The van der Waals surface area contributed by atoms with Crippen LogP contribution in [0.15, 0.2) is 42.6 Å². The minimum atomic E-state index is -0.269. The maximum atomic E-state index is 12.2. The number of rotatable bonds is 5. The molecule has 142 valence electrons. The number of halogens is 1. The lowest BCUT2D eigenvalue weighted by Crippen LogP contribution is -2.46. The van der Waals surface area contributed by atoms with Gasteiger partial charge < -0.3 is 15.0 Å². The van der Waals surface area contributed by atoms with Crippen LogP contribution in [0, 0.1) is 0 Å². The Balaban J connectivity index is 1.61. The molecule has 2 heterocycles. The molecule has 1 unspecified atom stereocenters. The van der Waals surface area contributed by atoms with Crippen molar-refractivity contribution in [2.45, 2.75) is 19.4 Å². The number of amides is 2. The van der Waals surface area contributed by atoms with Gasteiger partial charge in [-0.3, -0.25) is 14.6 Å². The van der Waals surface area contributed by atoms with E-state index in [-0.39, 0.29) is 24.5 Å². The van der Waals surface area contributed by atoms with E-state index in [1.807, 2.05) is 42.6 Å². The van der Waals surface area contributed by atoms with Crippen LogP contribution in [-0.4, -0.2) is 47.9 Å². The van der Waals surface area contributed by atoms with Crippen molar-refractivity contribution in [3.05, 3.63) is 64.4 Å².